The Morgan fingerprint density at radius 3 is 2.42 bits per heavy atom. The van der Waals surface area contributed by atoms with Crippen LogP contribution in [0.1, 0.15) is 27.0 Å². The highest BCUT2D eigenvalue weighted by atomic mass is 35.5. The number of fused-ring (bicyclic) bond motifs is 2. The van der Waals surface area contributed by atoms with Gasteiger partial charge in [-0.3, -0.25) is 14.0 Å². The van der Waals surface area contributed by atoms with E-state index in [9.17, 15) is 13.2 Å². The van der Waals surface area contributed by atoms with E-state index in [0.717, 1.165) is 32.6 Å². The number of rotatable bonds is 7. The Morgan fingerprint density at radius 2 is 1.71 bits per heavy atom. The Hall–Kier alpha value is -2.98. The largest absolute Gasteiger partial charge is 0.308 e. The van der Waals surface area contributed by atoms with E-state index >= 15 is 0 Å². The van der Waals surface area contributed by atoms with Crippen molar-refractivity contribution >= 4 is 60.7 Å². The van der Waals surface area contributed by atoms with Gasteiger partial charge in [0.25, 0.3) is 15.9 Å². The third-order valence-electron chi connectivity index (χ3n) is 6.85. The number of hydrogen-bond acceptors (Lipinski definition) is 6. The van der Waals surface area contributed by atoms with Gasteiger partial charge in [-0.05, 0) is 87.5 Å². The second kappa shape index (κ2) is 11.0. The molecule has 0 fully saturated rings. The standard InChI is InChI=1S/C28H30N4O3S2.ClH/c1-19-9-14-25-26(20(19)2)29-28(36-25)31(18-17-30(3)4)27(33)22-10-12-23(13-11-22)37(34,35)32-16-15-21-7-5-6-8-24(21)32;/h5-14H,15-18H2,1-4H3;1H. The molecule has 4 aromatic rings. The van der Waals surface area contributed by atoms with Gasteiger partial charge in [0, 0.05) is 25.2 Å². The molecule has 0 saturated heterocycles. The Bertz CT molecular complexity index is 1580. The molecule has 38 heavy (non-hydrogen) atoms. The normalized spacial score (nSPS) is 13.0. The van der Waals surface area contributed by atoms with Crippen molar-refractivity contribution in [1.82, 2.24) is 9.88 Å². The van der Waals surface area contributed by atoms with Crippen LogP contribution in [0.15, 0.2) is 65.6 Å². The molecule has 7 nitrogen and oxygen atoms in total. The first-order valence-electron chi connectivity index (χ1n) is 12.2. The van der Waals surface area contributed by atoms with E-state index in [4.69, 9.17) is 4.98 Å². The lowest BCUT2D eigenvalue weighted by Crippen LogP contribution is -2.36. The topological polar surface area (TPSA) is 73.8 Å². The first-order valence-corrected chi connectivity index (χ1v) is 14.5. The number of likely N-dealkylation sites (N-methyl/N-ethyl adjacent to an activating group) is 1. The van der Waals surface area contributed by atoms with Crippen LogP contribution >= 0.6 is 23.7 Å². The number of aromatic nitrogens is 1. The van der Waals surface area contributed by atoms with Crippen molar-refractivity contribution in [3.05, 3.63) is 82.9 Å². The lowest BCUT2D eigenvalue weighted by molar-refractivity contribution is 0.0985. The minimum Gasteiger partial charge on any atom is -0.308 e. The number of hydrogen-bond donors (Lipinski definition) is 0. The molecule has 0 aliphatic carbocycles. The second-order valence-electron chi connectivity index (χ2n) is 9.59. The summed E-state index contributed by atoms with van der Waals surface area (Å²) in [5.74, 6) is -0.203. The third-order valence-corrected chi connectivity index (χ3v) is 9.73. The molecule has 0 saturated carbocycles. The third kappa shape index (κ3) is 5.16. The van der Waals surface area contributed by atoms with E-state index in [-0.39, 0.29) is 23.2 Å². The van der Waals surface area contributed by atoms with Gasteiger partial charge in [0.1, 0.15) is 0 Å². The van der Waals surface area contributed by atoms with E-state index in [0.29, 0.717) is 36.8 Å². The van der Waals surface area contributed by atoms with Crippen LogP contribution in [-0.4, -0.2) is 57.9 Å². The lowest BCUT2D eigenvalue weighted by atomic mass is 10.1. The molecule has 1 aliphatic rings. The number of aryl methyl sites for hydroxylation is 2. The second-order valence-corrected chi connectivity index (χ2v) is 12.5. The molecule has 200 valence electrons. The van der Waals surface area contributed by atoms with Gasteiger partial charge in [-0.2, -0.15) is 0 Å². The summed E-state index contributed by atoms with van der Waals surface area (Å²) in [6.07, 6.45) is 0.688. The quantitative estimate of drug-likeness (QED) is 0.302. The van der Waals surface area contributed by atoms with Gasteiger partial charge in [0.15, 0.2) is 5.13 Å². The van der Waals surface area contributed by atoms with E-state index in [1.807, 2.05) is 56.3 Å². The summed E-state index contributed by atoms with van der Waals surface area (Å²) in [5, 5.41) is 0.640. The number of carbonyl (C=O) groups excluding carboxylic acids is 1. The zero-order valence-electron chi connectivity index (χ0n) is 21.8. The van der Waals surface area contributed by atoms with E-state index in [2.05, 4.69) is 13.0 Å². The van der Waals surface area contributed by atoms with Crippen LogP contribution in [0.4, 0.5) is 10.8 Å². The van der Waals surface area contributed by atoms with Crippen LogP contribution in [-0.2, 0) is 16.4 Å². The molecule has 0 spiro atoms. The van der Waals surface area contributed by atoms with Crippen molar-refractivity contribution in [3.8, 4) is 0 Å². The molecule has 3 aromatic carbocycles. The van der Waals surface area contributed by atoms with Crippen LogP contribution in [0.3, 0.4) is 0 Å². The monoisotopic (exact) mass is 570 g/mol. The number of benzene rings is 3. The predicted octanol–water partition coefficient (Wildman–Crippen LogP) is 5.29. The summed E-state index contributed by atoms with van der Waals surface area (Å²) in [6, 6.07) is 17.9. The number of carbonyl (C=O) groups is 1. The molecule has 1 aliphatic heterocycles. The van der Waals surface area contributed by atoms with Crippen LogP contribution in [0, 0.1) is 13.8 Å². The molecule has 10 heteroatoms. The maximum Gasteiger partial charge on any atom is 0.264 e. The van der Waals surface area contributed by atoms with Crippen LogP contribution in [0.5, 0.6) is 0 Å². The number of amides is 1. The molecule has 0 atom stereocenters. The lowest BCUT2D eigenvalue weighted by Gasteiger charge is -2.22. The van der Waals surface area contributed by atoms with Crippen molar-refractivity contribution in [2.45, 2.75) is 25.2 Å². The average molecular weight is 571 g/mol. The zero-order chi connectivity index (χ0) is 26.3. The first kappa shape index (κ1) is 28.0. The fourth-order valence-electron chi connectivity index (χ4n) is 4.52. The van der Waals surface area contributed by atoms with Crippen LogP contribution < -0.4 is 9.21 Å². The van der Waals surface area contributed by atoms with Crippen molar-refractivity contribution in [2.75, 3.05) is 42.9 Å². The van der Waals surface area contributed by atoms with Gasteiger partial charge in [-0.15, -0.1) is 12.4 Å². The maximum atomic E-state index is 13.7. The first-order chi connectivity index (χ1) is 17.7. The molecule has 0 radical (unpaired) electrons. The molecule has 0 unspecified atom stereocenters. The summed E-state index contributed by atoms with van der Waals surface area (Å²) in [5.41, 5.74) is 5.35. The minimum absolute atomic E-state index is 0. The summed E-state index contributed by atoms with van der Waals surface area (Å²) < 4.78 is 29.3. The fraction of sp³-hybridized carbons (Fsp3) is 0.286. The van der Waals surface area contributed by atoms with Crippen molar-refractivity contribution < 1.29 is 13.2 Å². The molecule has 0 bridgehead atoms. The van der Waals surface area contributed by atoms with Gasteiger partial charge in [0.2, 0.25) is 0 Å². The summed E-state index contributed by atoms with van der Waals surface area (Å²) in [4.78, 5) is 22.4. The number of sulfonamides is 1. The fourth-order valence-corrected chi connectivity index (χ4v) is 7.08. The minimum atomic E-state index is -3.72. The molecule has 1 amide bonds. The van der Waals surface area contributed by atoms with E-state index < -0.39 is 10.0 Å². The number of halogens is 1. The number of anilines is 2. The average Bonchev–Trinajstić information content (AvgIpc) is 3.52. The summed E-state index contributed by atoms with van der Waals surface area (Å²) >= 11 is 1.49. The van der Waals surface area contributed by atoms with Gasteiger partial charge < -0.3 is 4.90 Å². The molecule has 5 rings (SSSR count). The van der Waals surface area contributed by atoms with Gasteiger partial charge in [0.05, 0.1) is 20.8 Å². The highest BCUT2D eigenvalue weighted by molar-refractivity contribution is 7.92. The van der Waals surface area contributed by atoms with Crippen molar-refractivity contribution in [3.63, 3.8) is 0 Å². The van der Waals surface area contributed by atoms with Gasteiger partial charge in [-0.25, -0.2) is 13.4 Å². The van der Waals surface area contributed by atoms with E-state index in [1.165, 1.54) is 27.8 Å². The highest BCUT2D eigenvalue weighted by Gasteiger charge is 2.31. The molecular weight excluding hydrogens is 540 g/mol. The Kier molecular flexibility index (Phi) is 8.13. The number of nitrogens with zero attached hydrogens (tertiary/aromatic N) is 4. The smallest absolute Gasteiger partial charge is 0.264 e. The summed E-state index contributed by atoms with van der Waals surface area (Å²) in [6.45, 7) is 5.65. The molecule has 0 N–H and O–H groups in total. The Balaban J connectivity index is 0.00000336. The Morgan fingerprint density at radius 1 is 1.00 bits per heavy atom. The van der Waals surface area contributed by atoms with E-state index in [1.54, 1.807) is 17.0 Å². The number of para-hydroxylation sites is 1. The molecular formula is C28H31ClN4O3S2. The predicted molar refractivity (Wildman–Crippen MR) is 158 cm³/mol. The molecule has 2 heterocycles. The van der Waals surface area contributed by atoms with Crippen molar-refractivity contribution in [2.24, 2.45) is 0 Å². The van der Waals surface area contributed by atoms with Crippen LogP contribution in [0.2, 0.25) is 0 Å². The van der Waals surface area contributed by atoms with Gasteiger partial charge >= 0.3 is 0 Å². The van der Waals surface area contributed by atoms with Gasteiger partial charge in [-0.1, -0.05) is 35.6 Å². The number of thiazole rings is 1. The van der Waals surface area contributed by atoms with Crippen molar-refractivity contribution in [1.29, 1.82) is 0 Å². The SMILES string of the molecule is Cc1ccc2sc(N(CCN(C)C)C(=O)c3ccc(S(=O)(=O)N4CCc5ccccc54)cc3)nc2c1C.Cl. The summed E-state index contributed by atoms with van der Waals surface area (Å²) in [7, 11) is 0.203. The molecule has 1 aromatic heterocycles. The maximum absolute atomic E-state index is 13.7. The Labute approximate surface area is 234 Å². The zero-order valence-corrected chi connectivity index (χ0v) is 24.3. The van der Waals surface area contributed by atoms with Crippen LogP contribution in [0.25, 0.3) is 10.2 Å². The highest BCUT2D eigenvalue weighted by Crippen LogP contribution is 2.34.